The molecule has 0 saturated heterocycles. The number of unbranched alkanes of at least 4 members (excludes halogenated alkanes) is 2. The summed E-state index contributed by atoms with van der Waals surface area (Å²) in [5.41, 5.74) is 0. The molecule has 0 unspecified atom stereocenters. The molecule has 0 aromatic carbocycles. The van der Waals surface area contributed by atoms with E-state index in [0.717, 1.165) is 19.6 Å². The van der Waals surface area contributed by atoms with Crippen molar-refractivity contribution in [2.24, 2.45) is 0 Å². The summed E-state index contributed by atoms with van der Waals surface area (Å²) in [6.45, 7) is 11.7. The van der Waals surface area contributed by atoms with E-state index in [4.69, 9.17) is 4.52 Å². The zero-order chi connectivity index (χ0) is 16.7. The molecule has 0 spiro atoms. The molecule has 0 heterocycles. The Labute approximate surface area is 132 Å². The molecule has 8 heteroatoms. The molecule has 0 rings (SSSR count). The van der Waals surface area contributed by atoms with E-state index in [-0.39, 0.29) is 6.61 Å². The summed E-state index contributed by atoms with van der Waals surface area (Å²) in [5, 5.41) is 0. The van der Waals surface area contributed by atoms with Gasteiger partial charge in [0.2, 0.25) is 10.4 Å². The topological polar surface area (TPSA) is 78.9 Å². The number of hydrogen-bond donors (Lipinski definition) is 0. The van der Waals surface area contributed by atoms with Crippen LogP contribution >= 0.6 is 8.15 Å². The molecule has 0 atom stereocenters. The van der Waals surface area contributed by atoms with Gasteiger partial charge >= 0.3 is 0 Å². The maximum atomic E-state index is 9.73. The number of rotatable bonds is 11. The maximum absolute atomic E-state index is 9.73. The molecule has 21 heavy (non-hydrogen) atoms. The van der Waals surface area contributed by atoms with E-state index in [1.54, 1.807) is 0 Å². The molecule has 0 aromatic heterocycles. The third-order valence-electron chi connectivity index (χ3n) is 2.59. The molecule has 0 fully saturated rings. The van der Waals surface area contributed by atoms with Gasteiger partial charge < -0.3 is 9.45 Å². The minimum Gasteiger partial charge on any atom is -0.726 e. The van der Waals surface area contributed by atoms with Crippen LogP contribution in [0.25, 0.3) is 0 Å². The lowest BCUT2D eigenvalue weighted by Gasteiger charge is -2.12. The van der Waals surface area contributed by atoms with E-state index < -0.39 is 18.5 Å². The SMILES string of the molecule is CCCCOS(=O)(=O)[O-].CCN(C)CCCCO[PH+](C)C. The second-order valence-corrected chi connectivity index (χ2v) is 8.10. The van der Waals surface area contributed by atoms with Crippen LogP contribution in [0.15, 0.2) is 0 Å². The predicted octanol–water partition coefficient (Wildman–Crippen LogP) is 2.39. The van der Waals surface area contributed by atoms with Gasteiger partial charge in [0.05, 0.1) is 26.5 Å². The van der Waals surface area contributed by atoms with E-state index in [2.05, 4.69) is 36.4 Å². The van der Waals surface area contributed by atoms with Crippen molar-refractivity contribution in [3.63, 3.8) is 0 Å². The molecule has 6 nitrogen and oxygen atoms in total. The van der Waals surface area contributed by atoms with E-state index in [0.29, 0.717) is 6.42 Å². The van der Waals surface area contributed by atoms with Gasteiger partial charge in [-0.1, -0.05) is 20.3 Å². The van der Waals surface area contributed by atoms with Gasteiger partial charge in [0.1, 0.15) is 8.15 Å². The average molecular weight is 345 g/mol. The molecule has 0 N–H and O–H groups in total. The van der Waals surface area contributed by atoms with Gasteiger partial charge in [-0.2, -0.15) is 0 Å². The fraction of sp³-hybridized carbons (Fsp3) is 1.00. The van der Waals surface area contributed by atoms with Crippen LogP contribution in [0.3, 0.4) is 0 Å². The molecule has 0 aliphatic heterocycles. The Balaban J connectivity index is 0. The highest BCUT2D eigenvalue weighted by atomic mass is 32.3. The molecule has 0 saturated carbocycles. The summed E-state index contributed by atoms with van der Waals surface area (Å²) in [6, 6.07) is 0. The van der Waals surface area contributed by atoms with Crippen LogP contribution in [0.2, 0.25) is 0 Å². The highest BCUT2D eigenvalue weighted by Gasteiger charge is 1.99. The molecule has 0 aliphatic carbocycles. The normalized spacial score (nSPS) is 11.6. The highest BCUT2D eigenvalue weighted by molar-refractivity contribution is 7.80. The second-order valence-electron chi connectivity index (χ2n) is 4.94. The molecule has 130 valence electrons. The van der Waals surface area contributed by atoms with Crippen molar-refractivity contribution < 1.29 is 21.7 Å². The Hall–Kier alpha value is 0.220. The van der Waals surface area contributed by atoms with E-state index in [1.807, 2.05) is 6.92 Å². The quantitative estimate of drug-likeness (QED) is 0.248. The van der Waals surface area contributed by atoms with Crippen molar-refractivity contribution >= 4 is 18.5 Å². The standard InChI is InChI=1S/C9H22NOP.C4H10O4S/c1-5-10(2)8-6-7-9-11-12(3)4;1-2-3-4-8-9(5,6)7/h5-9H2,1-4H3;2-4H2,1H3,(H,5,6,7). The monoisotopic (exact) mass is 345 g/mol. The summed E-state index contributed by atoms with van der Waals surface area (Å²) in [6.07, 6.45) is 3.89. The molecular weight excluding hydrogens is 313 g/mol. The minimum atomic E-state index is -4.45. The van der Waals surface area contributed by atoms with Gasteiger partial charge in [0.25, 0.3) is 0 Å². The fourth-order valence-corrected chi connectivity index (χ4v) is 2.10. The van der Waals surface area contributed by atoms with Crippen LogP contribution in [0.1, 0.15) is 39.5 Å². The molecule has 0 bridgehead atoms. The molecular formula is C13H32NO5PS. The summed E-state index contributed by atoms with van der Waals surface area (Å²) < 4.78 is 38.6. The number of hydrogen-bond acceptors (Lipinski definition) is 6. The van der Waals surface area contributed by atoms with Gasteiger partial charge in [0.15, 0.2) is 0 Å². The first-order chi connectivity index (χ1) is 9.72. The van der Waals surface area contributed by atoms with Crippen LogP contribution in [0.4, 0.5) is 0 Å². The largest absolute Gasteiger partial charge is 0.726 e. The predicted molar refractivity (Wildman–Crippen MR) is 89.1 cm³/mol. The van der Waals surface area contributed by atoms with E-state index in [1.165, 1.54) is 19.4 Å². The first kappa shape index (κ1) is 23.5. The summed E-state index contributed by atoms with van der Waals surface area (Å²) in [4.78, 5) is 2.34. The van der Waals surface area contributed by atoms with Crippen molar-refractivity contribution in [1.29, 1.82) is 0 Å². The maximum Gasteiger partial charge on any atom is 0.217 e. The summed E-state index contributed by atoms with van der Waals surface area (Å²) in [5.74, 6) is 0. The highest BCUT2D eigenvalue weighted by Crippen LogP contribution is 2.25. The van der Waals surface area contributed by atoms with Gasteiger partial charge in [-0.25, -0.2) is 12.9 Å². The third kappa shape index (κ3) is 25.5. The van der Waals surface area contributed by atoms with Gasteiger partial charge in [-0.15, -0.1) is 0 Å². The van der Waals surface area contributed by atoms with Gasteiger partial charge in [-0.3, -0.25) is 4.18 Å². The lowest BCUT2D eigenvalue weighted by atomic mass is 10.3. The molecule has 0 aromatic rings. The molecule has 0 radical (unpaired) electrons. The average Bonchev–Trinajstić information content (AvgIpc) is 2.37. The summed E-state index contributed by atoms with van der Waals surface area (Å²) in [7, 11) is -2.74. The van der Waals surface area contributed by atoms with Crippen molar-refractivity contribution in [3.05, 3.63) is 0 Å². The molecule has 0 amide bonds. The van der Waals surface area contributed by atoms with Crippen LogP contribution in [0.5, 0.6) is 0 Å². The van der Waals surface area contributed by atoms with Crippen LogP contribution in [-0.2, 0) is 19.1 Å². The van der Waals surface area contributed by atoms with Crippen molar-refractivity contribution in [2.45, 2.75) is 39.5 Å². The second kappa shape index (κ2) is 15.1. The Morgan fingerprint density at radius 2 is 1.71 bits per heavy atom. The van der Waals surface area contributed by atoms with Crippen molar-refractivity contribution in [3.8, 4) is 0 Å². The Morgan fingerprint density at radius 3 is 2.14 bits per heavy atom. The number of nitrogens with zero attached hydrogens (tertiary/aromatic N) is 1. The minimum absolute atomic E-state index is 0.00231. The van der Waals surface area contributed by atoms with E-state index >= 15 is 0 Å². The Kier molecular flexibility index (Phi) is 16.9. The summed E-state index contributed by atoms with van der Waals surface area (Å²) >= 11 is 0. The zero-order valence-electron chi connectivity index (χ0n) is 14.1. The molecule has 0 aliphatic rings. The first-order valence-corrected chi connectivity index (χ1v) is 11.2. The van der Waals surface area contributed by atoms with Crippen LogP contribution in [-0.4, -0.2) is 64.6 Å². The van der Waals surface area contributed by atoms with Crippen LogP contribution in [0, 0.1) is 0 Å². The Morgan fingerprint density at radius 1 is 1.10 bits per heavy atom. The lowest BCUT2D eigenvalue weighted by molar-refractivity contribution is 0.257. The van der Waals surface area contributed by atoms with Crippen molar-refractivity contribution in [2.75, 3.05) is 46.7 Å². The van der Waals surface area contributed by atoms with E-state index in [9.17, 15) is 13.0 Å². The van der Waals surface area contributed by atoms with Gasteiger partial charge in [0, 0.05) is 0 Å². The van der Waals surface area contributed by atoms with Crippen molar-refractivity contribution in [1.82, 2.24) is 4.90 Å². The third-order valence-corrected chi connectivity index (χ3v) is 3.83. The Bertz CT molecular complexity index is 312. The first-order valence-electron chi connectivity index (χ1n) is 7.44. The lowest BCUT2D eigenvalue weighted by Crippen LogP contribution is -2.18. The fourth-order valence-electron chi connectivity index (χ4n) is 1.22. The zero-order valence-corrected chi connectivity index (χ0v) is 15.9. The van der Waals surface area contributed by atoms with Crippen LogP contribution < -0.4 is 0 Å². The van der Waals surface area contributed by atoms with Gasteiger partial charge in [-0.05, 0) is 39.4 Å². The smallest absolute Gasteiger partial charge is 0.217 e.